The molecule has 7 heteroatoms. The maximum absolute atomic E-state index is 11.7. The molecular formula is C12H15ClN3O3+. The Labute approximate surface area is 115 Å². The number of amidine groups is 1. The summed E-state index contributed by atoms with van der Waals surface area (Å²) in [6.07, 6.45) is -0.472. The molecule has 19 heavy (non-hydrogen) atoms. The molecule has 2 rings (SSSR count). The van der Waals surface area contributed by atoms with Gasteiger partial charge in [-0.2, -0.15) is 0 Å². The predicted octanol–water partition coefficient (Wildman–Crippen LogP) is -0.490. The fourth-order valence-electron chi connectivity index (χ4n) is 1.60. The Hall–Kier alpha value is -1.79. The SMILES string of the molecule is NC(=[NH+]OC(=O)N1CCOCC1)c1ccc(Cl)cc1. The zero-order valence-electron chi connectivity index (χ0n) is 10.3. The third-order valence-electron chi connectivity index (χ3n) is 2.67. The summed E-state index contributed by atoms with van der Waals surface area (Å²) in [4.78, 5) is 18.1. The Kier molecular flexibility index (Phi) is 4.59. The summed E-state index contributed by atoms with van der Waals surface area (Å²) in [5.41, 5.74) is 6.46. The van der Waals surface area contributed by atoms with Crippen LogP contribution < -0.4 is 10.9 Å². The van der Waals surface area contributed by atoms with Gasteiger partial charge in [0, 0.05) is 18.1 Å². The lowest BCUT2D eigenvalue weighted by atomic mass is 10.2. The summed E-state index contributed by atoms with van der Waals surface area (Å²) in [6.45, 7) is 2.07. The summed E-state index contributed by atoms with van der Waals surface area (Å²) in [5, 5.41) is 3.05. The maximum Gasteiger partial charge on any atom is 0.454 e. The molecular weight excluding hydrogens is 270 g/mol. The van der Waals surface area contributed by atoms with E-state index >= 15 is 0 Å². The van der Waals surface area contributed by atoms with E-state index in [-0.39, 0.29) is 5.84 Å². The normalized spacial score (nSPS) is 16.3. The van der Waals surface area contributed by atoms with Crippen LogP contribution in [0.25, 0.3) is 0 Å². The van der Waals surface area contributed by atoms with Crippen LogP contribution in [-0.4, -0.2) is 43.1 Å². The Bertz CT molecular complexity index is 470. The van der Waals surface area contributed by atoms with Crippen LogP contribution in [-0.2, 0) is 9.57 Å². The third-order valence-corrected chi connectivity index (χ3v) is 2.92. The van der Waals surface area contributed by atoms with Gasteiger partial charge in [0.15, 0.2) is 0 Å². The molecule has 102 valence electrons. The number of carbonyl (C=O) groups is 1. The highest BCUT2D eigenvalue weighted by molar-refractivity contribution is 6.30. The van der Waals surface area contributed by atoms with Crippen molar-refractivity contribution >= 4 is 23.5 Å². The van der Waals surface area contributed by atoms with Crippen molar-refractivity contribution in [3.63, 3.8) is 0 Å². The summed E-state index contributed by atoms with van der Waals surface area (Å²) in [7, 11) is 0. The fraction of sp³-hybridized carbons (Fsp3) is 0.333. The van der Waals surface area contributed by atoms with E-state index in [1.807, 2.05) is 0 Å². The van der Waals surface area contributed by atoms with E-state index in [9.17, 15) is 4.79 Å². The molecule has 6 nitrogen and oxygen atoms in total. The van der Waals surface area contributed by atoms with Crippen LogP contribution in [0.5, 0.6) is 0 Å². The number of nitrogens with zero attached hydrogens (tertiary/aromatic N) is 1. The van der Waals surface area contributed by atoms with Crippen molar-refractivity contribution in [3.8, 4) is 0 Å². The molecule has 0 aliphatic carbocycles. The lowest BCUT2D eigenvalue weighted by Gasteiger charge is -2.23. The molecule has 0 saturated carbocycles. The molecule has 0 aromatic heterocycles. The van der Waals surface area contributed by atoms with E-state index in [0.717, 1.165) is 0 Å². The van der Waals surface area contributed by atoms with E-state index < -0.39 is 6.09 Å². The van der Waals surface area contributed by atoms with Gasteiger partial charge in [-0.15, -0.1) is 0 Å². The topological polar surface area (TPSA) is 78.8 Å². The van der Waals surface area contributed by atoms with Crippen LogP contribution in [0, 0.1) is 0 Å². The minimum atomic E-state index is -0.472. The number of ether oxygens (including phenoxy) is 1. The van der Waals surface area contributed by atoms with Crippen LogP contribution in [0.2, 0.25) is 5.02 Å². The van der Waals surface area contributed by atoms with Crippen molar-refractivity contribution in [1.82, 2.24) is 4.90 Å². The average molecular weight is 285 g/mol. The molecule has 1 aromatic carbocycles. The standard InChI is InChI=1S/C12H14ClN3O3/c13-10-3-1-9(2-4-10)11(14)15-19-12(17)16-5-7-18-8-6-16/h1-4H,5-8H2,(H2,14,15)/p+1. The molecule has 0 spiro atoms. The minimum Gasteiger partial charge on any atom is -0.378 e. The summed E-state index contributed by atoms with van der Waals surface area (Å²) in [6, 6.07) is 6.87. The molecule has 0 atom stereocenters. The van der Waals surface area contributed by atoms with Gasteiger partial charge in [-0.05, 0) is 24.3 Å². The molecule has 0 unspecified atom stereocenters. The van der Waals surface area contributed by atoms with Crippen LogP contribution in [0.15, 0.2) is 24.3 Å². The van der Waals surface area contributed by atoms with Crippen LogP contribution in [0.3, 0.4) is 0 Å². The smallest absolute Gasteiger partial charge is 0.378 e. The summed E-state index contributed by atoms with van der Waals surface area (Å²) in [5.74, 6) is 0.248. The number of hydrogen-bond acceptors (Lipinski definition) is 3. The van der Waals surface area contributed by atoms with Crippen LogP contribution in [0.4, 0.5) is 4.79 Å². The first kappa shape index (κ1) is 13.6. The van der Waals surface area contributed by atoms with Crippen LogP contribution in [0.1, 0.15) is 5.56 Å². The molecule has 1 aromatic rings. The molecule has 1 saturated heterocycles. The molecule has 1 fully saturated rings. The van der Waals surface area contributed by atoms with Gasteiger partial charge in [0.05, 0.1) is 18.8 Å². The van der Waals surface area contributed by atoms with Crippen molar-refractivity contribution in [2.24, 2.45) is 5.73 Å². The second-order valence-electron chi connectivity index (χ2n) is 3.99. The number of halogens is 1. The zero-order chi connectivity index (χ0) is 13.7. The minimum absolute atomic E-state index is 0.248. The number of nitrogen functional groups attached to an aromatic ring is 1. The van der Waals surface area contributed by atoms with Gasteiger partial charge in [-0.25, -0.2) is 9.63 Å². The first-order valence-corrected chi connectivity index (χ1v) is 6.22. The van der Waals surface area contributed by atoms with Gasteiger partial charge in [-0.1, -0.05) is 16.8 Å². The highest BCUT2D eigenvalue weighted by atomic mass is 35.5. The molecule has 1 heterocycles. The van der Waals surface area contributed by atoms with Gasteiger partial charge in [-0.3, -0.25) is 5.73 Å². The number of hydrogen-bond donors (Lipinski definition) is 2. The Morgan fingerprint density at radius 3 is 2.58 bits per heavy atom. The average Bonchev–Trinajstić information content (AvgIpc) is 2.46. The van der Waals surface area contributed by atoms with E-state index in [1.54, 1.807) is 29.2 Å². The molecule has 1 amide bonds. The summed E-state index contributed by atoms with van der Waals surface area (Å²) < 4.78 is 5.14. The number of nitrogens with two attached hydrogens (primary N) is 1. The second-order valence-corrected chi connectivity index (χ2v) is 4.43. The van der Waals surface area contributed by atoms with Gasteiger partial charge in [0.1, 0.15) is 0 Å². The van der Waals surface area contributed by atoms with Crippen molar-refractivity contribution in [3.05, 3.63) is 34.9 Å². The fourth-order valence-corrected chi connectivity index (χ4v) is 1.72. The lowest BCUT2D eigenvalue weighted by Crippen LogP contribution is -2.76. The maximum atomic E-state index is 11.7. The first-order valence-electron chi connectivity index (χ1n) is 5.84. The molecule has 0 bridgehead atoms. The van der Waals surface area contributed by atoms with Gasteiger partial charge in [0.25, 0.3) is 0 Å². The highest BCUT2D eigenvalue weighted by Gasteiger charge is 2.19. The second kappa shape index (κ2) is 6.40. The number of amides is 1. The lowest BCUT2D eigenvalue weighted by molar-refractivity contribution is -0.723. The van der Waals surface area contributed by atoms with Crippen molar-refractivity contribution in [2.45, 2.75) is 0 Å². The molecule has 1 aliphatic heterocycles. The first-order chi connectivity index (χ1) is 9.16. The number of nitrogens with one attached hydrogen (secondary N) is 1. The monoisotopic (exact) mass is 284 g/mol. The number of morpholine rings is 1. The quantitative estimate of drug-likeness (QED) is 0.332. The molecule has 3 N–H and O–H groups in total. The highest BCUT2D eigenvalue weighted by Crippen LogP contribution is 2.08. The van der Waals surface area contributed by atoms with Crippen molar-refractivity contribution < 1.29 is 19.5 Å². The van der Waals surface area contributed by atoms with Crippen molar-refractivity contribution in [2.75, 3.05) is 26.3 Å². The molecule has 0 radical (unpaired) electrons. The summed E-state index contributed by atoms with van der Waals surface area (Å²) >= 11 is 5.77. The van der Waals surface area contributed by atoms with Crippen LogP contribution >= 0.6 is 11.6 Å². The third kappa shape index (κ3) is 3.84. The predicted molar refractivity (Wildman–Crippen MR) is 69.6 cm³/mol. The number of benzene rings is 1. The van der Waals surface area contributed by atoms with E-state index in [2.05, 4.69) is 5.16 Å². The van der Waals surface area contributed by atoms with E-state index in [0.29, 0.717) is 36.9 Å². The van der Waals surface area contributed by atoms with Gasteiger partial charge in [0.2, 0.25) is 0 Å². The van der Waals surface area contributed by atoms with Gasteiger partial charge < -0.3 is 9.64 Å². The Morgan fingerprint density at radius 1 is 1.32 bits per heavy atom. The van der Waals surface area contributed by atoms with Gasteiger partial charge >= 0.3 is 11.9 Å². The zero-order valence-corrected chi connectivity index (χ0v) is 11.0. The number of carbonyl (C=O) groups excluding carboxylic acids is 1. The Morgan fingerprint density at radius 2 is 1.95 bits per heavy atom. The van der Waals surface area contributed by atoms with E-state index in [1.165, 1.54) is 0 Å². The molecule has 1 aliphatic rings. The Balaban J connectivity index is 1.93. The largest absolute Gasteiger partial charge is 0.454 e. The van der Waals surface area contributed by atoms with E-state index in [4.69, 9.17) is 26.9 Å². The van der Waals surface area contributed by atoms with Crippen molar-refractivity contribution in [1.29, 1.82) is 0 Å². The number of rotatable bonds is 2.